The van der Waals surface area contributed by atoms with E-state index in [0.29, 0.717) is 32.2 Å². The van der Waals surface area contributed by atoms with Crippen LogP contribution in [0.15, 0.2) is 36.8 Å². The fourth-order valence-electron chi connectivity index (χ4n) is 2.40. The van der Waals surface area contributed by atoms with E-state index in [-0.39, 0.29) is 5.69 Å². The fourth-order valence-corrected chi connectivity index (χ4v) is 2.91. The van der Waals surface area contributed by atoms with Gasteiger partial charge in [0, 0.05) is 22.3 Å². The Morgan fingerprint density at radius 2 is 1.93 bits per heavy atom. The molecule has 0 aliphatic heterocycles. The summed E-state index contributed by atoms with van der Waals surface area (Å²) in [6, 6.07) is 4.65. The topological polar surface area (TPSA) is 88.0 Å². The van der Waals surface area contributed by atoms with Gasteiger partial charge in [-0.1, -0.05) is 29.3 Å². The molecule has 0 saturated carbocycles. The van der Waals surface area contributed by atoms with Gasteiger partial charge in [0.25, 0.3) is 5.91 Å². The number of carbonyl (C=O) groups is 1. The van der Waals surface area contributed by atoms with Gasteiger partial charge in [0.05, 0.1) is 29.1 Å². The Bertz CT molecular complexity index is 1020. The molecule has 1 amide bonds. The molecule has 6 nitrogen and oxygen atoms in total. The highest BCUT2D eigenvalue weighted by molar-refractivity contribution is 6.36. The van der Waals surface area contributed by atoms with E-state index < -0.39 is 17.6 Å². The molecule has 1 aromatic carbocycles. The lowest BCUT2D eigenvalue weighted by molar-refractivity contribution is 0.0407. The molecule has 2 heterocycles. The normalized spacial score (nSPS) is 12.8. The largest absolute Gasteiger partial charge is 0.388 e. The van der Waals surface area contributed by atoms with Crippen molar-refractivity contribution < 1.29 is 9.90 Å². The predicted molar refractivity (Wildman–Crippen MR) is 106 cm³/mol. The highest BCUT2D eigenvalue weighted by atomic mass is 35.5. The zero-order chi connectivity index (χ0) is 19.8. The van der Waals surface area contributed by atoms with E-state index in [0.717, 1.165) is 0 Å². The van der Waals surface area contributed by atoms with Crippen molar-refractivity contribution in [3.63, 3.8) is 0 Å². The average molecular weight is 405 g/mol. The van der Waals surface area contributed by atoms with Crippen LogP contribution in [0.1, 0.15) is 31.3 Å². The Kier molecular flexibility index (Phi) is 5.33. The van der Waals surface area contributed by atoms with Gasteiger partial charge >= 0.3 is 0 Å². The standard InChI is InChI=1S/C19H18Cl2N4O2/c1-10(19(2,3)27)24-18(26)16-9-23-15-8-22-7-13(17(15)25-16)12-5-4-11(20)6-14(12)21/h4-10,27H,1-3H3,(H,24,26). The van der Waals surface area contributed by atoms with E-state index in [2.05, 4.69) is 20.3 Å². The average Bonchev–Trinajstić information content (AvgIpc) is 2.60. The molecule has 8 heteroatoms. The lowest BCUT2D eigenvalue weighted by atomic mass is 10.0. The first-order valence-electron chi connectivity index (χ1n) is 8.26. The molecule has 3 rings (SSSR count). The van der Waals surface area contributed by atoms with Crippen LogP contribution in [0.5, 0.6) is 0 Å². The molecule has 2 N–H and O–H groups in total. The molecule has 0 saturated heterocycles. The minimum Gasteiger partial charge on any atom is -0.388 e. The van der Waals surface area contributed by atoms with Gasteiger partial charge in [-0.2, -0.15) is 0 Å². The monoisotopic (exact) mass is 404 g/mol. The Hall–Kier alpha value is -2.28. The molecule has 3 aromatic rings. The number of aromatic nitrogens is 3. The lowest BCUT2D eigenvalue weighted by Gasteiger charge is -2.26. The van der Waals surface area contributed by atoms with Crippen LogP contribution in [0.4, 0.5) is 0 Å². The minimum atomic E-state index is -1.06. The predicted octanol–water partition coefficient (Wildman–Crippen LogP) is 3.89. The number of amides is 1. The zero-order valence-electron chi connectivity index (χ0n) is 15.0. The third-order valence-corrected chi connectivity index (χ3v) is 4.87. The maximum Gasteiger partial charge on any atom is 0.271 e. The van der Waals surface area contributed by atoms with Crippen molar-refractivity contribution in [2.45, 2.75) is 32.4 Å². The number of hydrogen-bond donors (Lipinski definition) is 2. The van der Waals surface area contributed by atoms with Crippen molar-refractivity contribution in [3.8, 4) is 11.1 Å². The van der Waals surface area contributed by atoms with E-state index in [1.807, 2.05) is 0 Å². The number of fused-ring (bicyclic) bond motifs is 1. The summed E-state index contributed by atoms with van der Waals surface area (Å²) in [6.07, 6.45) is 4.56. The molecule has 1 atom stereocenters. The summed E-state index contributed by atoms with van der Waals surface area (Å²) in [7, 11) is 0. The molecule has 0 bridgehead atoms. The first kappa shape index (κ1) is 19.5. The van der Waals surface area contributed by atoms with E-state index >= 15 is 0 Å². The van der Waals surface area contributed by atoms with Crippen molar-refractivity contribution in [1.82, 2.24) is 20.3 Å². The number of hydrogen-bond acceptors (Lipinski definition) is 5. The molecule has 2 aromatic heterocycles. The van der Waals surface area contributed by atoms with Gasteiger partial charge in [-0.3, -0.25) is 14.8 Å². The first-order chi connectivity index (χ1) is 12.7. The van der Waals surface area contributed by atoms with Gasteiger partial charge < -0.3 is 10.4 Å². The molecule has 0 fully saturated rings. The van der Waals surface area contributed by atoms with E-state index in [1.54, 1.807) is 51.4 Å². The number of rotatable bonds is 4. The van der Waals surface area contributed by atoms with Crippen molar-refractivity contribution in [2.24, 2.45) is 0 Å². The summed E-state index contributed by atoms with van der Waals surface area (Å²) < 4.78 is 0. The van der Waals surface area contributed by atoms with Crippen LogP contribution in [-0.4, -0.2) is 37.6 Å². The summed E-state index contributed by atoms with van der Waals surface area (Å²) in [5, 5.41) is 13.7. The number of benzene rings is 1. The smallest absolute Gasteiger partial charge is 0.271 e. The van der Waals surface area contributed by atoms with Crippen LogP contribution in [0.2, 0.25) is 10.0 Å². The number of aliphatic hydroxyl groups is 1. The lowest BCUT2D eigenvalue weighted by Crippen LogP contribution is -2.47. The van der Waals surface area contributed by atoms with Gasteiger partial charge in [0.15, 0.2) is 0 Å². The Balaban J connectivity index is 2.05. The first-order valence-corrected chi connectivity index (χ1v) is 9.02. The number of nitrogens with one attached hydrogen (secondary N) is 1. The van der Waals surface area contributed by atoms with Gasteiger partial charge in [-0.05, 0) is 32.9 Å². The number of nitrogens with zero attached hydrogens (tertiary/aromatic N) is 3. The summed E-state index contributed by atoms with van der Waals surface area (Å²) >= 11 is 12.3. The number of pyridine rings is 1. The third kappa shape index (κ3) is 4.18. The van der Waals surface area contributed by atoms with Gasteiger partial charge in [-0.15, -0.1) is 0 Å². The van der Waals surface area contributed by atoms with Crippen molar-refractivity contribution in [2.75, 3.05) is 0 Å². The van der Waals surface area contributed by atoms with Gasteiger partial charge in [-0.25, -0.2) is 4.98 Å². The van der Waals surface area contributed by atoms with E-state index in [9.17, 15) is 9.90 Å². The maximum atomic E-state index is 12.5. The quantitative estimate of drug-likeness (QED) is 0.688. The molecule has 0 aliphatic rings. The van der Waals surface area contributed by atoms with Gasteiger partial charge in [0.2, 0.25) is 0 Å². The number of halogens is 2. The molecule has 140 valence electrons. The van der Waals surface area contributed by atoms with Crippen LogP contribution < -0.4 is 5.32 Å². The highest BCUT2D eigenvalue weighted by Gasteiger charge is 2.25. The third-order valence-electron chi connectivity index (χ3n) is 4.32. The molecular weight excluding hydrogens is 387 g/mol. The van der Waals surface area contributed by atoms with Crippen molar-refractivity contribution in [3.05, 3.63) is 52.5 Å². The molecule has 1 unspecified atom stereocenters. The molecule has 0 radical (unpaired) electrons. The molecule has 27 heavy (non-hydrogen) atoms. The Labute approximate surface area is 166 Å². The molecule has 0 aliphatic carbocycles. The van der Waals surface area contributed by atoms with E-state index in [4.69, 9.17) is 23.2 Å². The van der Waals surface area contributed by atoms with Crippen LogP contribution in [0.3, 0.4) is 0 Å². The molecular formula is C19H18Cl2N4O2. The summed E-state index contributed by atoms with van der Waals surface area (Å²) in [6.45, 7) is 4.96. The Morgan fingerprint density at radius 1 is 1.19 bits per heavy atom. The van der Waals surface area contributed by atoms with Crippen LogP contribution in [0, 0.1) is 0 Å². The summed E-state index contributed by atoms with van der Waals surface area (Å²) in [5.41, 5.74) is 1.44. The van der Waals surface area contributed by atoms with Crippen molar-refractivity contribution >= 4 is 40.1 Å². The molecule has 0 spiro atoms. The van der Waals surface area contributed by atoms with Crippen LogP contribution in [-0.2, 0) is 0 Å². The summed E-state index contributed by atoms with van der Waals surface area (Å²) in [5.74, 6) is -0.427. The van der Waals surface area contributed by atoms with Gasteiger partial charge in [0.1, 0.15) is 16.7 Å². The van der Waals surface area contributed by atoms with Crippen molar-refractivity contribution in [1.29, 1.82) is 0 Å². The second kappa shape index (κ2) is 7.38. The highest BCUT2D eigenvalue weighted by Crippen LogP contribution is 2.33. The Morgan fingerprint density at radius 3 is 2.59 bits per heavy atom. The number of carbonyl (C=O) groups excluding carboxylic acids is 1. The fraction of sp³-hybridized carbons (Fsp3) is 0.263. The minimum absolute atomic E-state index is 0.135. The zero-order valence-corrected chi connectivity index (χ0v) is 16.5. The second-order valence-corrected chi connectivity index (χ2v) is 7.63. The van der Waals surface area contributed by atoms with E-state index in [1.165, 1.54) is 6.20 Å². The summed E-state index contributed by atoms with van der Waals surface area (Å²) in [4.78, 5) is 25.5. The maximum absolute atomic E-state index is 12.5. The SMILES string of the molecule is CC(NC(=O)c1cnc2cncc(-c3ccc(Cl)cc3Cl)c2n1)C(C)(C)O. The van der Waals surface area contributed by atoms with Crippen LogP contribution in [0.25, 0.3) is 22.2 Å². The second-order valence-electron chi connectivity index (χ2n) is 6.78. The van der Waals surface area contributed by atoms with Crippen LogP contribution >= 0.6 is 23.2 Å².